The normalized spacial score (nSPS) is 15.3. The van der Waals surface area contributed by atoms with Gasteiger partial charge in [-0.3, -0.25) is 4.79 Å². The van der Waals surface area contributed by atoms with E-state index in [2.05, 4.69) is 15.0 Å². The molecule has 1 N–H and O–H groups in total. The molecule has 0 fully saturated rings. The summed E-state index contributed by atoms with van der Waals surface area (Å²) in [6.07, 6.45) is 6.90. The molecule has 2 aromatic rings. The smallest absolute Gasteiger partial charge is 0.254 e. The van der Waals surface area contributed by atoms with Crippen molar-refractivity contribution < 1.29 is 0 Å². The lowest BCUT2D eigenvalue weighted by molar-refractivity contribution is 0.708. The third kappa shape index (κ3) is 2.02. The first-order chi connectivity index (χ1) is 8.34. The summed E-state index contributed by atoms with van der Waals surface area (Å²) in [4.78, 5) is 23.6. The number of hydrogen-bond acceptors (Lipinski definition) is 4. The van der Waals surface area contributed by atoms with Gasteiger partial charge in [0.15, 0.2) is 10.8 Å². The topological polar surface area (TPSA) is 58.6 Å². The molecule has 0 spiro atoms. The number of aromatic nitrogens is 3. The van der Waals surface area contributed by atoms with Crippen LogP contribution in [0.15, 0.2) is 16.4 Å². The third-order valence-electron chi connectivity index (χ3n) is 3.08. The fraction of sp³-hybridized carbons (Fsp3) is 0.417. The van der Waals surface area contributed by atoms with Gasteiger partial charge in [0, 0.05) is 17.1 Å². The van der Waals surface area contributed by atoms with Crippen LogP contribution in [0.2, 0.25) is 0 Å². The highest BCUT2D eigenvalue weighted by molar-refractivity contribution is 7.12. The van der Waals surface area contributed by atoms with E-state index in [4.69, 9.17) is 0 Å². The monoisotopic (exact) mass is 247 g/mol. The summed E-state index contributed by atoms with van der Waals surface area (Å²) in [6, 6.07) is 0. The summed E-state index contributed by atoms with van der Waals surface area (Å²) in [7, 11) is 0. The Kier molecular flexibility index (Phi) is 2.76. The van der Waals surface area contributed by atoms with Crippen LogP contribution in [0.4, 0.5) is 0 Å². The van der Waals surface area contributed by atoms with Crippen LogP contribution >= 0.6 is 11.3 Å². The van der Waals surface area contributed by atoms with E-state index in [1.54, 1.807) is 6.20 Å². The van der Waals surface area contributed by atoms with Gasteiger partial charge in [0.25, 0.3) is 5.56 Å². The molecule has 0 bridgehead atoms. The maximum atomic E-state index is 12.0. The van der Waals surface area contributed by atoms with Gasteiger partial charge in [-0.1, -0.05) is 6.42 Å². The molecule has 4 nitrogen and oxygen atoms in total. The molecule has 0 amide bonds. The molecule has 1 aliphatic rings. The zero-order valence-corrected chi connectivity index (χ0v) is 10.2. The first-order valence-corrected chi connectivity index (χ1v) is 6.74. The maximum Gasteiger partial charge on any atom is 0.254 e. The summed E-state index contributed by atoms with van der Waals surface area (Å²) in [6.45, 7) is 0. The van der Waals surface area contributed by atoms with E-state index in [-0.39, 0.29) is 5.56 Å². The number of nitrogens with one attached hydrogen (secondary N) is 1. The van der Waals surface area contributed by atoms with Gasteiger partial charge >= 0.3 is 0 Å². The van der Waals surface area contributed by atoms with Crippen molar-refractivity contribution in [2.75, 3.05) is 0 Å². The van der Waals surface area contributed by atoms with Gasteiger partial charge in [0.2, 0.25) is 0 Å². The summed E-state index contributed by atoms with van der Waals surface area (Å²) >= 11 is 1.50. The van der Waals surface area contributed by atoms with Crippen molar-refractivity contribution in [3.05, 3.63) is 33.2 Å². The van der Waals surface area contributed by atoms with Gasteiger partial charge in [-0.15, -0.1) is 11.3 Å². The zero-order valence-electron chi connectivity index (χ0n) is 9.40. The minimum absolute atomic E-state index is 0.0158. The highest BCUT2D eigenvalue weighted by atomic mass is 32.1. The Morgan fingerprint density at radius 2 is 2.12 bits per heavy atom. The Bertz CT molecular complexity index is 574. The average molecular weight is 247 g/mol. The molecule has 3 rings (SSSR count). The van der Waals surface area contributed by atoms with Crippen LogP contribution in [0.25, 0.3) is 10.8 Å². The third-order valence-corrected chi connectivity index (χ3v) is 3.86. The standard InChI is InChI=1S/C12H13N3OS/c16-11-8-4-2-1-3-5-9(8)14-10(15-11)12-13-6-7-17-12/h6-7H,1-5H2,(H,14,15,16). The van der Waals surface area contributed by atoms with Crippen molar-refractivity contribution >= 4 is 11.3 Å². The summed E-state index contributed by atoms with van der Waals surface area (Å²) in [5, 5.41) is 2.68. The van der Waals surface area contributed by atoms with Crippen molar-refractivity contribution in [2.24, 2.45) is 0 Å². The van der Waals surface area contributed by atoms with Crippen molar-refractivity contribution in [2.45, 2.75) is 32.1 Å². The number of rotatable bonds is 1. The lowest BCUT2D eigenvalue weighted by Crippen LogP contribution is -2.18. The molecule has 0 saturated carbocycles. The lowest BCUT2D eigenvalue weighted by Gasteiger charge is -2.05. The van der Waals surface area contributed by atoms with Crippen molar-refractivity contribution in [1.29, 1.82) is 0 Å². The predicted octanol–water partition coefficient (Wildman–Crippen LogP) is 2.16. The van der Waals surface area contributed by atoms with E-state index < -0.39 is 0 Å². The van der Waals surface area contributed by atoms with Crippen LogP contribution in [0, 0.1) is 0 Å². The Hall–Kier alpha value is -1.49. The quantitative estimate of drug-likeness (QED) is 0.786. The van der Waals surface area contributed by atoms with Crippen molar-refractivity contribution in [3.63, 3.8) is 0 Å². The lowest BCUT2D eigenvalue weighted by atomic mass is 10.1. The number of thiazole rings is 1. The molecule has 1 aliphatic carbocycles. The molecule has 2 aromatic heterocycles. The first-order valence-electron chi connectivity index (χ1n) is 5.86. The van der Waals surface area contributed by atoms with Crippen LogP contribution in [0.1, 0.15) is 30.5 Å². The Morgan fingerprint density at radius 1 is 1.24 bits per heavy atom. The van der Waals surface area contributed by atoms with Crippen molar-refractivity contribution in [1.82, 2.24) is 15.0 Å². The van der Waals surface area contributed by atoms with Crippen LogP contribution in [-0.2, 0) is 12.8 Å². The minimum Gasteiger partial charge on any atom is -0.304 e. The van der Waals surface area contributed by atoms with Gasteiger partial charge in [-0.25, -0.2) is 9.97 Å². The molecular formula is C12H13N3OS. The Balaban J connectivity index is 2.12. The largest absolute Gasteiger partial charge is 0.304 e. The fourth-order valence-electron chi connectivity index (χ4n) is 2.22. The number of aryl methyl sites for hydroxylation is 1. The van der Waals surface area contributed by atoms with Crippen LogP contribution in [0.5, 0.6) is 0 Å². The van der Waals surface area contributed by atoms with E-state index in [9.17, 15) is 4.79 Å². The van der Waals surface area contributed by atoms with E-state index >= 15 is 0 Å². The zero-order chi connectivity index (χ0) is 11.7. The highest BCUT2D eigenvalue weighted by Gasteiger charge is 2.15. The van der Waals surface area contributed by atoms with Crippen LogP contribution in [-0.4, -0.2) is 15.0 Å². The van der Waals surface area contributed by atoms with E-state index in [0.717, 1.165) is 41.9 Å². The highest BCUT2D eigenvalue weighted by Crippen LogP contribution is 2.20. The molecule has 88 valence electrons. The number of H-pyrrole nitrogens is 1. The first kappa shape index (κ1) is 10.7. The maximum absolute atomic E-state index is 12.0. The molecule has 2 heterocycles. The fourth-order valence-corrected chi connectivity index (χ4v) is 2.80. The number of nitrogens with zero attached hydrogens (tertiary/aromatic N) is 2. The van der Waals surface area contributed by atoms with Gasteiger partial charge in [0.05, 0.1) is 5.69 Å². The Labute approximate surface area is 103 Å². The van der Waals surface area contributed by atoms with Crippen molar-refractivity contribution in [3.8, 4) is 10.8 Å². The molecule has 0 aromatic carbocycles. The molecule has 17 heavy (non-hydrogen) atoms. The number of fused-ring (bicyclic) bond motifs is 1. The van der Waals surface area contributed by atoms with E-state index in [0.29, 0.717) is 5.82 Å². The second-order valence-corrected chi connectivity index (χ2v) is 5.13. The summed E-state index contributed by atoms with van der Waals surface area (Å²) in [5.74, 6) is 0.616. The Morgan fingerprint density at radius 3 is 2.94 bits per heavy atom. The van der Waals surface area contributed by atoms with Gasteiger partial charge < -0.3 is 4.98 Å². The molecule has 0 atom stereocenters. The van der Waals surface area contributed by atoms with Crippen LogP contribution in [0.3, 0.4) is 0 Å². The average Bonchev–Trinajstić information content (AvgIpc) is 2.75. The molecule has 0 radical (unpaired) electrons. The number of aromatic amines is 1. The second kappa shape index (κ2) is 4.41. The molecule has 5 heteroatoms. The molecule has 0 unspecified atom stereocenters. The van der Waals surface area contributed by atoms with Gasteiger partial charge in [0.1, 0.15) is 0 Å². The molecule has 0 aliphatic heterocycles. The van der Waals surface area contributed by atoms with E-state index in [1.807, 2.05) is 5.38 Å². The minimum atomic E-state index is 0.0158. The predicted molar refractivity (Wildman–Crippen MR) is 67.2 cm³/mol. The SMILES string of the molecule is O=c1[nH]c(-c2nccs2)nc2c1CCCCC2. The molecule has 0 saturated heterocycles. The van der Waals surface area contributed by atoms with E-state index in [1.165, 1.54) is 17.8 Å². The summed E-state index contributed by atoms with van der Waals surface area (Å²) in [5.41, 5.74) is 1.86. The number of hydrogen-bond donors (Lipinski definition) is 1. The summed E-state index contributed by atoms with van der Waals surface area (Å²) < 4.78 is 0. The molecular weight excluding hydrogens is 234 g/mol. The second-order valence-electron chi connectivity index (χ2n) is 4.24. The van der Waals surface area contributed by atoms with Crippen LogP contribution < -0.4 is 5.56 Å². The van der Waals surface area contributed by atoms with Gasteiger partial charge in [-0.2, -0.15) is 0 Å². The van der Waals surface area contributed by atoms with Gasteiger partial charge in [-0.05, 0) is 25.7 Å².